The van der Waals surface area contributed by atoms with Gasteiger partial charge in [0.25, 0.3) is 0 Å². The van der Waals surface area contributed by atoms with Crippen molar-refractivity contribution in [2.24, 2.45) is 17.2 Å². The molecule has 0 amide bonds. The van der Waals surface area contributed by atoms with Gasteiger partial charge in [0.2, 0.25) is 0 Å². The molecule has 2 aliphatic heterocycles. The van der Waals surface area contributed by atoms with Crippen LogP contribution in [0.3, 0.4) is 0 Å². The van der Waals surface area contributed by atoms with E-state index < -0.39 is 60.7 Å². The Balaban J connectivity index is 1.67. The van der Waals surface area contributed by atoms with E-state index in [9.17, 15) is 15.3 Å². The highest BCUT2D eigenvalue weighted by Crippen LogP contribution is 2.31. The topological polar surface area (TPSA) is 200 Å². The number of likely N-dealkylation sites (N-methyl/N-ethyl adjacent to an activating group) is 2. The highest BCUT2D eigenvalue weighted by Gasteiger charge is 2.50. The Labute approximate surface area is 189 Å². The first-order valence-corrected chi connectivity index (χ1v) is 11.3. The van der Waals surface area contributed by atoms with Crippen molar-refractivity contribution in [1.82, 2.24) is 10.6 Å². The maximum Gasteiger partial charge on any atom is 0.185 e. The minimum absolute atomic E-state index is 0.0480. The van der Waals surface area contributed by atoms with Crippen LogP contribution in [0.15, 0.2) is 0 Å². The van der Waals surface area contributed by atoms with E-state index in [0.717, 1.165) is 12.8 Å². The van der Waals surface area contributed by atoms with Crippen LogP contribution in [0.5, 0.6) is 0 Å². The highest BCUT2D eigenvalue weighted by molar-refractivity contribution is 5.01. The minimum Gasteiger partial charge on any atom is -0.388 e. The Morgan fingerprint density at radius 1 is 0.969 bits per heavy atom. The number of aliphatic hydroxyl groups is 3. The SMILES string of the molecule is CNC[C@H]1CC[C@H](N)[C@H](OC2[C@@H](N)C[C@H](N)[C@H](OC3OCC(C)(O)[C@@H](NC)C3O)[C@H]2O)O1. The van der Waals surface area contributed by atoms with Crippen LogP contribution in [-0.2, 0) is 18.9 Å². The van der Waals surface area contributed by atoms with E-state index in [0.29, 0.717) is 13.0 Å². The van der Waals surface area contributed by atoms with Crippen LogP contribution in [0.25, 0.3) is 0 Å². The van der Waals surface area contributed by atoms with Crippen LogP contribution in [0.2, 0.25) is 0 Å². The molecule has 12 heteroatoms. The molecule has 0 aromatic heterocycles. The zero-order valence-electron chi connectivity index (χ0n) is 19.1. The summed E-state index contributed by atoms with van der Waals surface area (Å²) in [5.41, 5.74) is 17.4. The lowest BCUT2D eigenvalue weighted by Gasteiger charge is -2.48. The molecule has 1 aliphatic carbocycles. The second-order valence-electron chi connectivity index (χ2n) is 9.47. The van der Waals surface area contributed by atoms with Gasteiger partial charge >= 0.3 is 0 Å². The molecule has 0 radical (unpaired) electrons. The maximum atomic E-state index is 11.1. The summed E-state index contributed by atoms with van der Waals surface area (Å²) in [5, 5.41) is 38.1. The number of hydrogen-bond acceptors (Lipinski definition) is 12. The van der Waals surface area contributed by atoms with Crippen LogP contribution in [0.1, 0.15) is 26.2 Å². The zero-order valence-corrected chi connectivity index (χ0v) is 19.1. The van der Waals surface area contributed by atoms with Gasteiger partial charge in [-0.1, -0.05) is 0 Å². The van der Waals surface area contributed by atoms with Gasteiger partial charge in [0.15, 0.2) is 12.6 Å². The van der Waals surface area contributed by atoms with Crippen molar-refractivity contribution in [3.63, 3.8) is 0 Å². The molecular formula is C20H41N5O7. The Morgan fingerprint density at radius 2 is 1.59 bits per heavy atom. The van der Waals surface area contributed by atoms with E-state index in [1.54, 1.807) is 14.0 Å². The van der Waals surface area contributed by atoms with E-state index in [-0.39, 0.29) is 18.8 Å². The van der Waals surface area contributed by atoms with Gasteiger partial charge in [-0.2, -0.15) is 0 Å². The van der Waals surface area contributed by atoms with Crippen LogP contribution in [-0.4, -0.2) is 115 Å². The molecule has 4 unspecified atom stereocenters. The van der Waals surface area contributed by atoms with Crippen LogP contribution >= 0.6 is 0 Å². The molecule has 3 fully saturated rings. The van der Waals surface area contributed by atoms with Crippen molar-refractivity contribution in [3.8, 4) is 0 Å². The number of rotatable bonds is 7. The van der Waals surface area contributed by atoms with Crippen LogP contribution < -0.4 is 27.8 Å². The molecule has 11 N–H and O–H groups in total. The predicted octanol–water partition coefficient (Wildman–Crippen LogP) is -3.72. The summed E-state index contributed by atoms with van der Waals surface area (Å²) in [4.78, 5) is 0. The number of hydrogen-bond donors (Lipinski definition) is 8. The number of nitrogens with two attached hydrogens (primary N) is 3. The van der Waals surface area contributed by atoms with Crippen molar-refractivity contribution >= 4 is 0 Å². The Kier molecular flexibility index (Phi) is 8.86. The molecule has 1 saturated carbocycles. The molecule has 2 saturated heterocycles. The van der Waals surface area contributed by atoms with Gasteiger partial charge < -0.3 is 62.1 Å². The van der Waals surface area contributed by atoms with Gasteiger partial charge in [-0.15, -0.1) is 0 Å². The normalized spacial score (nSPS) is 50.3. The third kappa shape index (κ3) is 5.59. The fraction of sp³-hybridized carbons (Fsp3) is 1.00. The first-order chi connectivity index (χ1) is 15.1. The molecular weight excluding hydrogens is 422 g/mol. The Hall–Kier alpha value is -0.480. The lowest BCUT2D eigenvalue weighted by Crippen LogP contribution is -2.68. The summed E-state index contributed by atoms with van der Waals surface area (Å²) >= 11 is 0. The summed E-state index contributed by atoms with van der Waals surface area (Å²) in [6.07, 6.45) is -4.12. The molecule has 2 heterocycles. The average Bonchev–Trinajstić information content (AvgIpc) is 2.72. The molecule has 3 aliphatic rings. The van der Waals surface area contributed by atoms with Gasteiger partial charge in [0.05, 0.1) is 24.8 Å². The van der Waals surface area contributed by atoms with Gasteiger partial charge in [-0.25, -0.2) is 0 Å². The lowest BCUT2D eigenvalue weighted by molar-refractivity contribution is -0.306. The summed E-state index contributed by atoms with van der Waals surface area (Å²) in [5.74, 6) is 0. The summed E-state index contributed by atoms with van der Waals surface area (Å²) in [6.45, 7) is 2.16. The molecule has 12 atom stereocenters. The summed E-state index contributed by atoms with van der Waals surface area (Å²) in [6, 6.07) is -2.20. The molecule has 0 aromatic rings. The zero-order chi connectivity index (χ0) is 23.6. The summed E-state index contributed by atoms with van der Waals surface area (Å²) in [7, 11) is 3.47. The maximum absolute atomic E-state index is 11.1. The molecule has 188 valence electrons. The third-order valence-corrected chi connectivity index (χ3v) is 6.72. The second-order valence-corrected chi connectivity index (χ2v) is 9.47. The van der Waals surface area contributed by atoms with Gasteiger partial charge in [0.1, 0.15) is 30.0 Å². The fourth-order valence-corrected chi connectivity index (χ4v) is 4.90. The van der Waals surface area contributed by atoms with Crippen molar-refractivity contribution in [1.29, 1.82) is 0 Å². The van der Waals surface area contributed by atoms with Crippen LogP contribution in [0, 0.1) is 0 Å². The average molecular weight is 464 g/mol. The molecule has 32 heavy (non-hydrogen) atoms. The third-order valence-electron chi connectivity index (χ3n) is 6.72. The number of nitrogens with one attached hydrogen (secondary N) is 2. The van der Waals surface area contributed by atoms with Crippen molar-refractivity contribution in [2.45, 2.75) is 99.1 Å². The smallest absolute Gasteiger partial charge is 0.185 e. The molecule has 0 aromatic carbocycles. The Morgan fingerprint density at radius 3 is 2.19 bits per heavy atom. The second kappa shape index (κ2) is 10.8. The van der Waals surface area contributed by atoms with E-state index in [4.69, 9.17) is 36.1 Å². The fourth-order valence-electron chi connectivity index (χ4n) is 4.90. The molecule has 0 bridgehead atoms. The predicted molar refractivity (Wildman–Crippen MR) is 115 cm³/mol. The van der Waals surface area contributed by atoms with Crippen molar-refractivity contribution in [3.05, 3.63) is 0 Å². The standard InChI is InChI=1S/C20H41N5O7/c1-20(28)8-29-19(14(27)17(20)25-3)32-16-12(23)6-11(22)15(13(16)26)31-18-10(21)5-4-9(30-18)7-24-2/h9-19,24-28H,4-8,21-23H2,1-3H3/t9-,10+,11+,12+,13+,14?,15?,16+,17+,18+,19?,20?/m1/s1. The quantitative estimate of drug-likeness (QED) is 0.184. The first-order valence-electron chi connectivity index (χ1n) is 11.3. The van der Waals surface area contributed by atoms with Crippen molar-refractivity contribution in [2.75, 3.05) is 27.2 Å². The summed E-state index contributed by atoms with van der Waals surface area (Å²) < 4.78 is 23.5. The molecule has 0 spiro atoms. The highest BCUT2D eigenvalue weighted by atomic mass is 16.7. The first kappa shape index (κ1) is 26.1. The van der Waals surface area contributed by atoms with Gasteiger partial charge in [0, 0.05) is 18.6 Å². The number of ether oxygens (including phenoxy) is 4. The molecule has 3 rings (SSSR count). The number of aliphatic hydroxyl groups excluding tert-OH is 2. The van der Waals surface area contributed by atoms with E-state index in [2.05, 4.69) is 10.6 Å². The van der Waals surface area contributed by atoms with Gasteiger partial charge in [-0.05, 0) is 40.3 Å². The van der Waals surface area contributed by atoms with Crippen LogP contribution in [0.4, 0.5) is 0 Å². The lowest BCUT2D eigenvalue weighted by atomic mass is 9.84. The van der Waals surface area contributed by atoms with Crippen molar-refractivity contribution < 1.29 is 34.3 Å². The Bertz CT molecular complexity index is 603. The van der Waals surface area contributed by atoms with E-state index in [1.165, 1.54) is 0 Å². The minimum atomic E-state index is -1.28. The van der Waals surface area contributed by atoms with E-state index in [1.807, 2.05) is 7.05 Å². The monoisotopic (exact) mass is 463 g/mol. The van der Waals surface area contributed by atoms with E-state index >= 15 is 0 Å². The largest absolute Gasteiger partial charge is 0.388 e. The molecule has 12 nitrogen and oxygen atoms in total. The van der Waals surface area contributed by atoms with Gasteiger partial charge in [-0.3, -0.25) is 0 Å².